The van der Waals surface area contributed by atoms with Gasteiger partial charge in [0.2, 0.25) is 0 Å². The number of benzene rings is 2. The Kier molecular flexibility index (Phi) is 9.05. The summed E-state index contributed by atoms with van der Waals surface area (Å²) >= 11 is 1.31. The number of halogens is 2. The zero-order valence-corrected chi connectivity index (χ0v) is 20.6. The van der Waals surface area contributed by atoms with E-state index in [-0.39, 0.29) is 23.8 Å². The zero-order chi connectivity index (χ0) is 24.8. The maximum Gasteiger partial charge on any atom is 0.303 e. The first-order chi connectivity index (χ1) is 15.5. The largest absolute Gasteiger partial charge is 0.490 e. The Labute approximate surface area is 197 Å². The lowest BCUT2D eigenvalue weighted by Gasteiger charge is -2.19. The molecule has 0 aliphatic carbocycles. The molecule has 0 aliphatic rings. The van der Waals surface area contributed by atoms with Crippen LogP contribution in [-0.4, -0.2) is 27.4 Å². The second-order valence-corrected chi connectivity index (χ2v) is 8.70. The summed E-state index contributed by atoms with van der Waals surface area (Å²) < 4.78 is 33.9. The number of carbonyl (C=O) groups is 1. The van der Waals surface area contributed by atoms with E-state index in [1.807, 2.05) is 39.0 Å². The summed E-state index contributed by atoms with van der Waals surface area (Å²) in [4.78, 5) is 10.8. The number of carboxylic acids is 1. The number of aliphatic carboxylic acids is 1. The van der Waals surface area contributed by atoms with Gasteiger partial charge in [-0.25, -0.2) is 8.78 Å². The van der Waals surface area contributed by atoms with Crippen molar-refractivity contribution in [3.05, 3.63) is 53.1 Å². The van der Waals surface area contributed by atoms with E-state index in [1.165, 1.54) is 17.4 Å². The number of nitrogens with zero attached hydrogens (tertiary/aromatic N) is 2. The van der Waals surface area contributed by atoms with Crippen molar-refractivity contribution in [1.29, 1.82) is 0 Å². The molecule has 0 spiro atoms. The summed E-state index contributed by atoms with van der Waals surface area (Å²) in [6, 6.07) is 10.4. The Bertz CT molecular complexity index is 1090. The molecular formula is C25H30F2N2O3S. The van der Waals surface area contributed by atoms with Crippen LogP contribution in [0, 0.1) is 6.92 Å². The van der Waals surface area contributed by atoms with Crippen LogP contribution in [0.4, 0.5) is 8.78 Å². The summed E-state index contributed by atoms with van der Waals surface area (Å²) in [5.41, 5.74) is 3.13. The van der Waals surface area contributed by atoms with Gasteiger partial charge in [-0.15, -0.1) is 10.2 Å². The minimum atomic E-state index is -3.06. The van der Waals surface area contributed by atoms with Crippen molar-refractivity contribution in [2.75, 3.05) is 0 Å². The summed E-state index contributed by atoms with van der Waals surface area (Å²) in [7, 11) is 0. The molecule has 3 rings (SSSR count). The molecule has 8 heteroatoms. The van der Waals surface area contributed by atoms with Gasteiger partial charge < -0.3 is 9.84 Å². The molecule has 0 bridgehead atoms. The lowest BCUT2D eigenvalue weighted by molar-refractivity contribution is -0.136. The molecule has 0 saturated carbocycles. The molecule has 0 aliphatic heterocycles. The lowest BCUT2D eigenvalue weighted by atomic mass is 10.0. The van der Waals surface area contributed by atoms with Crippen LogP contribution in [0.3, 0.4) is 0 Å². The molecule has 1 aromatic heterocycles. The maximum atomic E-state index is 14.2. The number of carboxylic acid groups (broad SMARTS) is 1. The van der Waals surface area contributed by atoms with Crippen LogP contribution in [0.2, 0.25) is 0 Å². The Hall–Kier alpha value is -2.87. The van der Waals surface area contributed by atoms with Crippen molar-refractivity contribution in [2.45, 2.75) is 66.4 Å². The Morgan fingerprint density at radius 3 is 2.36 bits per heavy atom. The average Bonchev–Trinajstić information content (AvgIpc) is 3.22. The van der Waals surface area contributed by atoms with Crippen molar-refractivity contribution < 1.29 is 23.4 Å². The smallest absolute Gasteiger partial charge is 0.303 e. The molecule has 0 saturated heterocycles. The maximum absolute atomic E-state index is 14.2. The lowest BCUT2D eigenvalue weighted by Crippen LogP contribution is -2.13. The van der Waals surface area contributed by atoms with E-state index in [9.17, 15) is 13.6 Å². The highest BCUT2D eigenvalue weighted by atomic mass is 32.1. The first-order valence-corrected chi connectivity index (χ1v) is 11.7. The average molecular weight is 477 g/mol. The molecule has 0 amide bonds. The van der Waals surface area contributed by atoms with Gasteiger partial charge in [0.05, 0.1) is 11.7 Å². The van der Waals surface area contributed by atoms with E-state index in [2.05, 4.69) is 10.2 Å². The summed E-state index contributed by atoms with van der Waals surface area (Å²) in [5, 5.41) is 18.5. The van der Waals surface area contributed by atoms with Gasteiger partial charge in [0.25, 0.3) is 5.92 Å². The molecule has 1 N–H and O–H groups in total. The van der Waals surface area contributed by atoms with Gasteiger partial charge in [-0.05, 0) is 56.5 Å². The SMILES string of the molecule is CC.Cc1cc(CCC(=O)O)ccc1-c1nnc(-c2ccc(OC(C)C)c(C(C)(F)F)c2)s1. The monoisotopic (exact) mass is 476 g/mol. The van der Waals surface area contributed by atoms with Gasteiger partial charge in [0.15, 0.2) is 0 Å². The van der Waals surface area contributed by atoms with Crippen molar-refractivity contribution >= 4 is 17.3 Å². The van der Waals surface area contributed by atoms with Crippen LogP contribution in [0.25, 0.3) is 21.1 Å². The third-order valence-electron chi connectivity index (χ3n) is 4.64. The third kappa shape index (κ3) is 7.05. The quantitative estimate of drug-likeness (QED) is 0.375. The van der Waals surface area contributed by atoms with Crippen molar-refractivity contribution in [3.8, 4) is 26.9 Å². The van der Waals surface area contributed by atoms with Gasteiger partial charge in [0, 0.05) is 24.5 Å². The highest BCUT2D eigenvalue weighted by molar-refractivity contribution is 7.17. The first kappa shape index (κ1) is 26.4. The minimum Gasteiger partial charge on any atom is -0.490 e. The topological polar surface area (TPSA) is 72.3 Å². The molecule has 178 valence electrons. The molecule has 0 unspecified atom stereocenters. The predicted octanol–water partition coefficient (Wildman–Crippen LogP) is 7.12. The molecule has 33 heavy (non-hydrogen) atoms. The van der Waals surface area contributed by atoms with Gasteiger partial charge in [-0.1, -0.05) is 43.4 Å². The number of aryl methyl sites for hydroxylation is 2. The molecule has 0 fully saturated rings. The van der Waals surface area contributed by atoms with E-state index < -0.39 is 11.9 Å². The molecular weight excluding hydrogens is 446 g/mol. The zero-order valence-electron chi connectivity index (χ0n) is 19.8. The predicted molar refractivity (Wildman–Crippen MR) is 128 cm³/mol. The fraction of sp³-hybridized carbons (Fsp3) is 0.400. The van der Waals surface area contributed by atoms with E-state index in [0.717, 1.165) is 23.6 Å². The Morgan fingerprint density at radius 2 is 1.79 bits per heavy atom. The van der Waals surface area contributed by atoms with Crippen LogP contribution in [0.15, 0.2) is 36.4 Å². The summed E-state index contributed by atoms with van der Waals surface area (Å²) in [5.74, 6) is -3.74. The molecule has 0 radical (unpaired) electrons. The highest BCUT2D eigenvalue weighted by Gasteiger charge is 2.30. The number of ether oxygens (including phenoxy) is 1. The fourth-order valence-corrected chi connectivity index (χ4v) is 4.11. The normalized spacial score (nSPS) is 11.2. The third-order valence-corrected chi connectivity index (χ3v) is 5.64. The second-order valence-electron chi connectivity index (χ2n) is 7.72. The minimum absolute atomic E-state index is 0.0721. The summed E-state index contributed by atoms with van der Waals surface area (Å²) in [6.07, 6.45) is 0.306. The van der Waals surface area contributed by atoms with Crippen molar-refractivity contribution in [2.24, 2.45) is 0 Å². The second kappa shape index (κ2) is 11.3. The van der Waals surface area contributed by atoms with E-state index >= 15 is 0 Å². The van der Waals surface area contributed by atoms with E-state index in [1.54, 1.807) is 26.0 Å². The van der Waals surface area contributed by atoms with Crippen LogP contribution in [-0.2, 0) is 17.1 Å². The van der Waals surface area contributed by atoms with E-state index in [0.29, 0.717) is 22.0 Å². The fourth-order valence-electron chi connectivity index (χ4n) is 3.18. The number of alkyl halides is 2. The molecule has 3 aromatic rings. The Morgan fingerprint density at radius 1 is 1.12 bits per heavy atom. The van der Waals surface area contributed by atoms with Crippen molar-refractivity contribution in [3.63, 3.8) is 0 Å². The number of aromatic nitrogens is 2. The molecule has 2 aromatic carbocycles. The van der Waals surface area contributed by atoms with E-state index in [4.69, 9.17) is 9.84 Å². The number of rotatable bonds is 8. The highest BCUT2D eigenvalue weighted by Crippen LogP contribution is 2.39. The van der Waals surface area contributed by atoms with Crippen molar-refractivity contribution in [1.82, 2.24) is 10.2 Å². The van der Waals surface area contributed by atoms with Gasteiger partial charge in [-0.2, -0.15) is 0 Å². The molecule has 0 atom stereocenters. The molecule has 5 nitrogen and oxygen atoms in total. The number of hydrogen-bond donors (Lipinski definition) is 1. The number of hydrogen-bond acceptors (Lipinski definition) is 5. The van der Waals surface area contributed by atoms with Gasteiger partial charge in [-0.3, -0.25) is 4.79 Å². The van der Waals surface area contributed by atoms with Crippen LogP contribution in [0.1, 0.15) is 57.7 Å². The van der Waals surface area contributed by atoms with Crippen LogP contribution < -0.4 is 4.74 Å². The van der Waals surface area contributed by atoms with Crippen LogP contribution >= 0.6 is 11.3 Å². The van der Waals surface area contributed by atoms with Gasteiger partial charge >= 0.3 is 5.97 Å². The van der Waals surface area contributed by atoms with Crippen LogP contribution in [0.5, 0.6) is 5.75 Å². The molecule has 1 heterocycles. The summed E-state index contributed by atoms with van der Waals surface area (Å²) in [6.45, 7) is 10.4. The van der Waals surface area contributed by atoms with Gasteiger partial charge in [0.1, 0.15) is 15.8 Å². The Balaban J connectivity index is 0.00000187. The first-order valence-electron chi connectivity index (χ1n) is 10.9. The standard InChI is InChI=1S/C23H24F2N2O3S.C2H6/c1-13(2)30-19-9-7-16(12-18(19)23(4,24)25)21-26-27-22(31-21)17-8-5-15(11-14(17)3)6-10-20(28)29;1-2/h5,7-9,11-13H,6,10H2,1-4H3,(H,28,29);1-2H3.